The van der Waals surface area contributed by atoms with Gasteiger partial charge < -0.3 is 10.2 Å². The number of carbonyl (C=O) groups excluding carboxylic acids is 1. The average molecular weight is 362 g/mol. The molecule has 2 aromatic heterocycles. The third kappa shape index (κ3) is 3.36. The number of fused-ring (bicyclic) bond motifs is 1. The van der Waals surface area contributed by atoms with Crippen LogP contribution >= 0.6 is 22.7 Å². The Morgan fingerprint density at radius 1 is 1.29 bits per heavy atom. The van der Waals surface area contributed by atoms with Crippen molar-refractivity contribution in [1.82, 2.24) is 10.3 Å². The van der Waals surface area contributed by atoms with Gasteiger partial charge in [0.1, 0.15) is 4.83 Å². The van der Waals surface area contributed by atoms with Gasteiger partial charge in [0.05, 0.1) is 14.5 Å². The highest BCUT2D eigenvalue weighted by molar-refractivity contribution is 7.29. The molecule has 1 N–H and O–H groups in total. The van der Waals surface area contributed by atoms with Crippen LogP contribution < -0.4 is 10.2 Å². The van der Waals surface area contributed by atoms with Crippen molar-refractivity contribution < 1.29 is 9.72 Å². The lowest BCUT2D eigenvalue weighted by molar-refractivity contribution is -0.384. The van der Waals surface area contributed by atoms with Crippen LogP contribution in [0.1, 0.15) is 15.2 Å². The Morgan fingerprint density at radius 2 is 2.00 bits per heavy atom. The molecule has 0 aliphatic carbocycles. The van der Waals surface area contributed by atoms with E-state index < -0.39 is 4.92 Å². The minimum atomic E-state index is -0.449. The van der Waals surface area contributed by atoms with Crippen molar-refractivity contribution in [2.45, 2.75) is 6.54 Å². The highest BCUT2D eigenvalue weighted by atomic mass is 32.1. The number of nitrogens with zero attached hydrogens (tertiary/aromatic N) is 3. The molecule has 0 bridgehead atoms. The van der Waals surface area contributed by atoms with Crippen LogP contribution in [0.4, 0.5) is 10.8 Å². The SMILES string of the molecule is CN(C)c1nc2sc(C(=O)NCc3ccc([N+](=O)[O-])cc3)cc2s1. The number of nitro groups is 1. The fourth-order valence-corrected chi connectivity index (χ4v) is 4.08. The van der Waals surface area contributed by atoms with Gasteiger partial charge in [-0.2, -0.15) is 0 Å². The molecule has 0 atom stereocenters. The molecule has 0 aliphatic rings. The number of rotatable bonds is 5. The van der Waals surface area contributed by atoms with Gasteiger partial charge in [0.2, 0.25) is 0 Å². The number of carbonyl (C=O) groups is 1. The highest BCUT2D eigenvalue weighted by Crippen LogP contribution is 2.33. The summed E-state index contributed by atoms with van der Waals surface area (Å²) >= 11 is 2.90. The molecule has 0 fully saturated rings. The van der Waals surface area contributed by atoms with Crippen LogP contribution in [0.3, 0.4) is 0 Å². The molecule has 1 aromatic carbocycles. The molecule has 1 amide bonds. The van der Waals surface area contributed by atoms with Crippen LogP contribution in [0.15, 0.2) is 30.3 Å². The van der Waals surface area contributed by atoms with Crippen LogP contribution in [0.2, 0.25) is 0 Å². The van der Waals surface area contributed by atoms with Crippen molar-refractivity contribution in [3.8, 4) is 0 Å². The van der Waals surface area contributed by atoms with E-state index in [1.165, 1.54) is 23.5 Å². The molecule has 24 heavy (non-hydrogen) atoms. The quantitative estimate of drug-likeness (QED) is 0.556. The Kier molecular flexibility index (Phi) is 4.45. The standard InChI is InChI=1S/C15H14N4O3S2/c1-18(2)15-17-14-12(24-15)7-11(23-14)13(20)16-8-9-3-5-10(6-4-9)19(21)22/h3-7H,8H2,1-2H3,(H,16,20). The van der Waals surface area contributed by atoms with Gasteiger partial charge in [-0.1, -0.05) is 23.5 Å². The van der Waals surface area contributed by atoms with Gasteiger partial charge in [0.25, 0.3) is 11.6 Å². The van der Waals surface area contributed by atoms with E-state index in [2.05, 4.69) is 10.3 Å². The van der Waals surface area contributed by atoms with E-state index in [1.54, 1.807) is 23.5 Å². The molecule has 124 valence electrons. The monoisotopic (exact) mass is 362 g/mol. The van der Waals surface area contributed by atoms with Gasteiger partial charge in [0.15, 0.2) is 5.13 Å². The van der Waals surface area contributed by atoms with Gasteiger partial charge >= 0.3 is 0 Å². The van der Waals surface area contributed by atoms with Crippen LogP contribution in [-0.4, -0.2) is 29.9 Å². The minimum Gasteiger partial charge on any atom is -0.354 e. The smallest absolute Gasteiger partial charge is 0.269 e. The van der Waals surface area contributed by atoms with Crippen LogP contribution in [0.5, 0.6) is 0 Å². The number of non-ortho nitro benzene ring substituents is 1. The van der Waals surface area contributed by atoms with E-state index in [-0.39, 0.29) is 11.6 Å². The first-order chi connectivity index (χ1) is 11.4. The topological polar surface area (TPSA) is 88.4 Å². The minimum absolute atomic E-state index is 0.0336. The maximum absolute atomic E-state index is 12.2. The number of nitrogens with one attached hydrogen (secondary N) is 1. The van der Waals surface area contributed by atoms with E-state index in [4.69, 9.17) is 0 Å². The van der Waals surface area contributed by atoms with E-state index in [0.29, 0.717) is 11.4 Å². The van der Waals surface area contributed by atoms with Crippen molar-refractivity contribution in [3.05, 3.63) is 50.9 Å². The second kappa shape index (κ2) is 6.54. The summed E-state index contributed by atoms with van der Waals surface area (Å²) in [5.41, 5.74) is 0.840. The zero-order valence-corrected chi connectivity index (χ0v) is 14.6. The first-order valence-electron chi connectivity index (χ1n) is 7.03. The summed E-state index contributed by atoms with van der Waals surface area (Å²) in [7, 11) is 3.86. The molecule has 3 aromatic rings. The van der Waals surface area contributed by atoms with Crippen LogP contribution in [0, 0.1) is 10.1 Å². The van der Waals surface area contributed by atoms with Crippen molar-refractivity contribution in [2.75, 3.05) is 19.0 Å². The van der Waals surface area contributed by atoms with E-state index in [1.807, 2.05) is 25.1 Å². The summed E-state index contributed by atoms with van der Waals surface area (Å²) in [4.78, 5) is 30.3. The molecule has 3 rings (SSSR count). The summed E-state index contributed by atoms with van der Waals surface area (Å²) in [5, 5.41) is 14.3. The number of amides is 1. The van der Waals surface area contributed by atoms with Gasteiger partial charge in [0, 0.05) is 32.8 Å². The zero-order chi connectivity index (χ0) is 17.3. The number of nitro benzene ring substituents is 1. The lowest BCUT2D eigenvalue weighted by atomic mass is 10.2. The third-order valence-corrected chi connectivity index (χ3v) is 5.61. The van der Waals surface area contributed by atoms with Gasteiger partial charge in [-0.3, -0.25) is 14.9 Å². The second-order valence-corrected chi connectivity index (χ2v) is 7.32. The fraction of sp³-hybridized carbons (Fsp3) is 0.200. The number of aromatic nitrogens is 1. The van der Waals surface area contributed by atoms with Gasteiger partial charge in [-0.25, -0.2) is 4.98 Å². The number of benzene rings is 1. The Labute approximate surface area is 145 Å². The summed E-state index contributed by atoms with van der Waals surface area (Å²) in [5.74, 6) is -0.171. The molecular weight excluding hydrogens is 348 g/mol. The molecule has 9 heteroatoms. The second-order valence-electron chi connectivity index (χ2n) is 5.28. The van der Waals surface area contributed by atoms with Crippen molar-refractivity contribution >= 4 is 48.9 Å². The van der Waals surface area contributed by atoms with Crippen molar-refractivity contribution in [3.63, 3.8) is 0 Å². The average Bonchev–Trinajstić information content (AvgIpc) is 3.11. The van der Waals surface area contributed by atoms with Crippen molar-refractivity contribution in [2.24, 2.45) is 0 Å². The number of thiophene rings is 1. The molecule has 0 saturated carbocycles. The molecule has 7 nitrogen and oxygen atoms in total. The van der Waals surface area contributed by atoms with Crippen LogP contribution in [-0.2, 0) is 6.54 Å². The number of hydrogen-bond donors (Lipinski definition) is 1. The Morgan fingerprint density at radius 3 is 2.58 bits per heavy atom. The highest BCUT2D eigenvalue weighted by Gasteiger charge is 2.14. The predicted octanol–water partition coefficient (Wildman–Crippen LogP) is 3.26. The lowest BCUT2D eigenvalue weighted by Gasteiger charge is -2.05. The fourth-order valence-electron chi connectivity index (χ4n) is 2.03. The maximum Gasteiger partial charge on any atom is 0.269 e. The Bertz CT molecular complexity index is 868. The first-order valence-corrected chi connectivity index (χ1v) is 8.66. The van der Waals surface area contributed by atoms with E-state index in [9.17, 15) is 14.9 Å². The Balaban J connectivity index is 1.66. The molecule has 0 aliphatic heterocycles. The van der Waals surface area contributed by atoms with Crippen LogP contribution in [0.25, 0.3) is 9.53 Å². The molecule has 0 saturated heterocycles. The summed E-state index contributed by atoms with van der Waals surface area (Å²) in [6.07, 6.45) is 0. The van der Waals surface area contributed by atoms with E-state index >= 15 is 0 Å². The molecule has 2 heterocycles. The zero-order valence-electron chi connectivity index (χ0n) is 13.0. The number of anilines is 1. The molecular formula is C15H14N4O3S2. The maximum atomic E-state index is 12.2. The summed E-state index contributed by atoms with van der Waals surface area (Å²) in [6.45, 7) is 0.318. The number of thiazole rings is 1. The molecule has 0 radical (unpaired) electrons. The van der Waals surface area contributed by atoms with E-state index in [0.717, 1.165) is 20.2 Å². The Hall–Kier alpha value is -2.52. The third-order valence-electron chi connectivity index (χ3n) is 3.28. The first kappa shape index (κ1) is 16.3. The van der Waals surface area contributed by atoms with Gasteiger partial charge in [-0.15, -0.1) is 11.3 Å². The molecule has 0 spiro atoms. The lowest BCUT2D eigenvalue weighted by Crippen LogP contribution is -2.21. The summed E-state index contributed by atoms with van der Waals surface area (Å²) < 4.78 is 0.990. The molecule has 0 unspecified atom stereocenters. The van der Waals surface area contributed by atoms with Crippen molar-refractivity contribution in [1.29, 1.82) is 0 Å². The normalized spacial score (nSPS) is 10.8. The van der Waals surface area contributed by atoms with Gasteiger partial charge in [-0.05, 0) is 11.6 Å². The number of hydrogen-bond acceptors (Lipinski definition) is 7. The predicted molar refractivity (Wildman–Crippen MR) is 96.1 cm³/mol. The largest absolute Gasteiger partial charge is 0.354 e. The summed E-state index contributed by atoms with van der Waals surface area (Å²) in [6, 6.07) is 7.97.